The molecular formula is C13H21NO4. The quantitative estimate of drug-likeness (QED) is 0.768. The number of rotatable bonds is 3. The molecule has 1 aliphatic carbocycles. The highest BCUT2D eigenvalue weighted by Gasteiger charge is 2.43. The maximum Gasteiger partial charge on any atom is 0.331 e. The Hall–Kier alpha value is -1.10. The van der Waals surface area contributed by atoms with E-state index < -0.39 is 11.6 Å². The van der Waals surface area contributed by atoms with Gasteiger partial charge in [0.1, 0.15) is 11.6 Å². The Morgan fingerprint density at radius 3 is 2.50 bits per heavy atom. The Balaban J connectivity index is 2.04. The molecule has 2 rings (SSSR count). The first-order valence-electron chi connectivity index (χ1n) is 6.70. The van der Waals surface area contributed by atoms with Gasteiger partial charge in [-0.05, 0) is 25.7 Å². The van der Waals surface area contributed by atoms with E-state index in [0.29, 0.717) is 19.4 Å². The molecule has 5 heteroatoms. The van der Waals surface area contributed by atoms with Gasteiger partial charge in [0.05, 0.1) is 7.11 Å². The highest BCUT2D eigenvalue weighted by atomic mass is 16.5. The van der Waals surface area contributed by atoms with Crippen LogP contribution in [0.3, 0.4) is 0 Å². The zero-order valence-corrected chi connectivity index (χ0v) is 10.9. The van der Waals surface area contributed by atoms with E-state index in [2.05, 4.69) is 5.32 Å². The van der Waals surface area contributed by atoms with Crippen molar-refractivity contribution >= 4 is 11.9 Å². The Bertz CT molecular complexity index is 317. The number of nitrogens with one attached hydrogen (secondary N) is 1. The zero-order valence-electron chi connectivity index (χ0n) is 10.9. The molecule has 0 bridgehead atoms. The lowest BCUT2D eigenvalue weighted by Crippen LogP contribution is -2.58. The van der Waals surface area contributed by atoms with Crippen LogP contribution in [0, 0.1) is 0 Å². The molecule has 0 unspecified atom stereocenters. The molecule has 1 atom stereocenters. The van der Waals surface area contributed by atoms with Crippen LogP contribution in [0.4, 0.5) is 0 Å². The number of methoxy groups -OCH3 is 1. The van der Waals surface area contributed by atoms with Crippen LogP contribution in [0.1, 0.15) is 44.9 Å². The van der Waals surface area contributed by atoms with Gasteiger partial charge < -0.3 is 14.8 Å². The fourth-order valence-corrected chi connectivity index (χ4v) is 2.83. The number of carbonyl (C=O) groups is 2. The second kappa shape index (κ2) is 5.69. The number of esters is 1. The molecule has 0 radical (unpaired) electrons. The van der Waals surface area contributed by atoms with Gasteiger partial charge in [-0.2, -0.15) is 0 Å². The van der Waals surface area contributed by atoms with Gasteiger partial charge in [-0.1, -0.05) is 19.3 Å². The van der Waals surface area contributed by atoms with Crippen molar-refractivity contribution in [3.8, 4) is 0 Å². The summed E-state index contributed by atoms with van der Waals surface area (Å²) in [5, 5.41) is 2.89. The molecule has 0 aromatic carbocycles. The lowest BCUT2D eigenvalue weighted by atomic mass is 9.81. The van der Waals surface area contributed by atoms with Crippen LogP contribution < -0.4 is 5.32 Å². The van der Waals surface area contributed by atoms with Gasteiger partial charge >= 0.3 is 5.97 Å². The van der Waals surface area contributed by atoms with Crippen molar-refractivity contribution in [1.29, 1.82) is 0 Å². The molecule has 2 fully saturated rings. The highest BCUT2D eigenvalue weighted by molar-refractivity contribution is 5.90. The minimum absolute atomic E-state index is 0.167. The molecule has 18 heavy (non-hydrogen) atoms. The van der Waals surface area contributed by atoms with Crippen molar-refractivity contribution in [2.45, 2.75) is 56.6 Å². The normalized spacial score (nSPS) is 26.6. The summed E-state index contributed by atoms with van der Waals surface area (Å²) < 4.78 is 10.2. The molecule has 102 valence electrons. The number of carbonyl (C=O) groups excluding carboxylic acids is 2. The van der Waals surface area contributed by atoms with Crippen LogP contribution in [0.15, 0.2) is 0 Å². The van der Waals surface area contributed by atoms with Crippen molar-refractivity contribution in [3.63, 3.8) is 0 Å². The fraction of sp³-hybridized carbons (Fsp3) is 0.846. The van der Waals surface area contributed by atoms with E-state index in [9.17, 15) is 9.59 Å². The lowest BCUT2D eigenvalue weighted by Gasteiger charge is -2.35. The summed E-state index contributed by atoms with van der Waals surface area (Å²) in [6.07, 6.45) is 5.58. The van der Waals surface area contributed by atoms with Crippen molar-refractivity contribution in [3.05, 3.63) is 0 Å². The van der Waals surface area contributed by atoms with Crippen LogP contribution in [0.5, 0.6) is 0 Å². The van der Waals surface area contributed by atoms with Crippen molar-refractivity contribution in [2.75, 3.05) is 13.7 Å². The van der Waals surface area contributed by atoms with Gasteiger partial charge in [0.25, 0.3) is 0 Å². The summed E-state index contributed by atoms with van der Waals surface area (Å²) in [6.45, 7) is 0.628. The molecule has 5 nitrogen and oxygen atoms in total. The first-order valence-corrected chi connectivity index (χ1v) is 6.70. The maximum absolute atomic E-state index is 12.1. The Morgan fingerprint density at radius 2 is 1.94 bits per heavy atom. The largest absolute Gasteiger partial charge is 0.467 e. The van der Waals surface area contributed by atoms with Gasteiger partial charge in [0.2, 0.25) is 5.91 Å². The van der Waals surface area contributed by atoms with E-state index in [4.69, 9.17) is 9.47 Å². The van der Waals surface area contributed by atoms with Crippen LogP contribution in [0.2, 0.25) is 0 Å². The summed E-state index contributed by atoms with van der Waals surface area (Å²) in [7, 11) is 1.37. The Kier molecular flexibility index (Phi) is 4.22. The fourth-order valence-electron chi connectivity index (χ4n) is 2.83. The van der Waals surface area contributed by atoms with E-state index in [1.54, 1.807) is 0 Å². The van der Waals surface area contributed by atoms with Gasteiger partial charge in [-0.3, -0.25) is 4.79 Å². The molecule has 1 heterocycles. The molecular weight excluding hydrogens is 234 g/mol. The minimum Gasteiger partial charge on any atom is -0.467 e. The summed E-state index contributed by atoms with van der Waals surface area (Å²) >= 11 is 0. The number of ether oxygens (including phenoxy) is 2. The lowest BCUT2D eigenvalue weighted by molar-refractivity contribution is -0.154. The molecule has 1 amide bonds. The van der Waals surface area contributed by atoms with Crippen molar-refractivity contribution < 1.29 is 19.1 Å². The number of amides is 1. The summed E-state index contributed by atoms with van der Waals surface area (Å²) in [5.41, 5.74) is -0.823. The first kappa shape index (κ1) is 13.3. The molecule has 2 aliphatic rings. The third-order valence-corrected chi connectivity index (χ3v) is 3.87. The summed E-state index contributed by atoms with van der Waals surface area (Å²) in [6, 6.07) is 0. The number of hydrogen-bond donors (Lipinski definition) is 1. The van der Waals surface area contributed by atoms with Crippen LogP contribution >= 0.6 is 0 Å². The van der Waals surface area contributed by atoms with E-state index in [-0.39, 0.29) is 11.9 Å². The molecule has 0 spiro atoms. The smallest absolute Gasteiger partial charge is 0.331 e. The van der Waals surface area contributed by atoms with E-state index in [1.165, 1.54) is 7.11 Å². The average molecular weight is 255 g/mol. The van der Waals surface area contributed by atoms with Gasteiger partial charge in [0.15, 0.2) is 0 Å². The van der Waals surface area contributed by atoms with Crippen LogP contribution in [-0.4, -0.2) is 37.2 Å². The molecule has 1 aliphatic heterocycles. The van der Waals surface area contributed by atoms with Crippen LogP contribution in [-0.2, 0) is 19.1 Å². The van der Waals surface area contributed by atoms with E-state index in [1.807, 2.05) is 0 Å². The second-order valence-electron chi connectivity index (χ2n) is 5.13. The average Bonchev–Trinajstić information content (AvgIpc) is 2.93. The highest BCUT2D eigenvalue weighted by Crippen LogP contribution is 2.30. The molecule has 1 N–H and O–H groups in total. The minimum atomic E-state index is -0.823. The maximum atomic E-state index is 12.1. The number of hydrogen-bond acceptors (Lipinski definition) is 4. The predicted octanol–water partition coefficient (Wildman–Crippen LogP) is 1.16. The van der Waals surface area contributed by atoms with Gasteiger partial charge in [-0.15, -0.1) is 0 Å². The molecule has 0 aromatic heterocycles. The molecule has 1 saturated heterocycles. The zero-order chi connectivity index (χ0) is 13.0. The predicted molar refractivity (Wildman–Crippen MR) is 64.9 cm³/mol. The van der Waals surface area contributed by atoms with E-state index >= 15 is 0 Å². The molecule has 0 aromatic rings. The first-order chi connectivity index (χ1) is 8.68. The van der Waals surface area contributed by atoms with Gasteiger partial charge in [0, 0.05) is 6.61 Å². The Labute approximate surface area is 107 Å². The van der Waals surface area contributed by atoms with E-state index in [0.717, 1.165) is 32.1 Å². The second-order valence-corrected chi connectivity index (χ2v) is 5.13. The molecule has 1 saturated carbocycles. The van der Waals surface area contributed by atoms with Gasteiger partial charge in [-0.25, -0.2) is 4.79 Å². The standard InChI is InChI=1S/C13H21NO4/c1-17-12(16)13(7-3-2-4-8-13)14-11(15)10-6-5-9-18-10/h10H,2-9H2,1H3,(H,14,15)/t10-/m0/s1. The van der Waals surface area contributed by atoms with Crippen molar-refractivity contribution in [2.24, 2.45) is 0 Å². The SMILES string of the molecule is COC(=O)C1(NC(=O)[C@@H]2CCCO2)CCCCC1. The monoisotopic (exact) mass is 255 g/mol. The van der Waals surface area contributed by atoms with Crippen LogP contribution in [0.25, 0.3) is 0 Å². The third-order valence-electron chi connectivity index (χ3n) is 3.87. The summed E-state index contributed by atoms with van der Waals surface area (Å²) in [5.74, 6) is -0.492. The topological polar surface area (TPSA) is 64.6 Å². The third kappa shape index (κ3) is 2.66. The van der Waals surface area contributed by atoms with Crippen molar-refractivity contribution in [1.82, 2.24) is 5.32 Å². The Morgan fingerprint density at radius 1 is 1.22 bits per heavy atom. The summed E-state index contributed by atoms with van der Waals surface area (Å²) in [4.78, 5) is 24.1.